The van der Waals surface area contributed by atoms with Crippen LogP contribution in [-0.4, -0.2) is 69.7 Å². The number of β-amino-alcohol motifs (C(OH)–C–C–N with tert-alkyl or cyclic N) is 1. The van der Waals surface area contributed by atoms with Gasteiger partial charge in [0.15, 0.2) is 0 Å². The second-order valence-electron chi connectivity index (χ2n) is 6.88. The molecule has 2 fully saturated rings. The maximum atomic E-state index is 12.8. The van der Waals surface area contributed by atoms with Crippen LogP contribution in [0.1, 0.15) is 31.4 Å². The Morgan fingerprint density at radius 2 is 2.12 bits per heavy atom. The lowest BCUT2D eigenvalue weighted by molar-refractivity contribution is -0.146. The molecule has 1 atom stereocenters. The van der Waals surface area contributed by atoms with Crippen molar-refractivity contribution < 1.29 is 14.7 Å². The molecule has 2 aliphatic rings. The summed E-state index contributed by atoms with van der Waals surface area (Å²) < 4.78 is 0. The fraction of sp³-hybridized carbons (Fsp3) is 0.647. The van der Waals surface area contributed by atoms with Crippen molar-refractivity contribution in [3.63, 3.8) is 0 Å². The van der Waals surface area contributed by atoms with Gasteiger partial charge >= 0.3 is 0 Å². The molecule has 8 heteroatoms. The zero-order valence-electron chi connectivity index (χ0n) is 14.2. The molecule has 0 aliphatic carbocycles. The zero-order valence-corrected chi connectivity index (χ0v) is 14.2. The Bertz CT molecular complexity index is 682. The van der Waals surface area contributed by atoms with Crippen LogP contribution in [0.3, 0.4) is 0 Å². The number of nitrogens with one attached hydrogen (secondary N) is 1. The number of rotatable bonds is 5. The number of aliphatic hydroxyl groups excluding tert-OH is 1. The number of aliphatic hydroxyl groups is 1. The maximum absolute atomic E-state index is 12.8. The number of amides is 2. The Hall–Kier alpha value is -2.22. The second-order valence-corrected chi connectivity index (χ2v) is 6.88. The number of carbonyl (C=O) groups excluding carboxylic acids is 2. The summed E-state index contributed by atoms with van der Waals surface area (Å²) in [4.78, 5) is 39.7. The summed E-state index contributed by atoms with van der Waals surface area (Å²) in [5.74, 6) is 0.0855. The highest BCUT2D eigenvalue weighted by atomic mass is 16.3. The summed E-state index contributed by atoms with van der Waals surface area (Å²) in [6.45, 7) is 2.08. The monoisotopic (exact) mass is 348 g/mol. The van der Waals surface area contributed by atoms with E-state index in [1.807, 2.05) is 0 Å². The topological polar surface area (TPSA) is 107 Å². The molecule has 0 bridgehead atoms. The normalized spacial score (nSPS) is 23.5. The highest BCUT2D eigenvalue weighted by Crippen LogP contribution is 2.40. The van der Waals surface area contributed by atoms with Crippen LogP contribution in [0, 0.1) is 5.41 Å². The molecule has 136 valence electrons. The van der Waals surface area contributed by atoms with Gasteiger partial charge in [-0.1, -0.05) is 0 Å². The number of aromatic nitrogens is 2. The van der Waals surface area contributed by atoms with Crippen molar-refractivity contribution in [1.82, 2.24) is 20.0 Å². The van der Waals surface area contributed by atoms with E-state index in [1.54, 1.807) is 15.9 Å². The smallest absolute Gasteiger partial charge is 0.264 e. The van der Waals surface area contributed by atoms with E-state index >= 15 is 0 Å². The number of aromatic amines is 1. The van der Waals surface area contributed by atoms with Crippen molar-refractivity contribution in [2.45, 2.75) is 32.1 Å². The molecule has 2 amide bonds. The van der Waals surface area contributed by atoms with E-state index in [1.165, 1.54) is 6.07 Å². The molecule has 1 spiro atoms. The SMILES string of the molecule is O=C(CCc1ccc(=O)[nH]n1)N1CC[C@]2(CCCN(CCO)C2=O)C1. The molecule has 2 N–H and O–H groups in total. The average molecular weight is 348 g/mol. The lowest BCUT2D eigenvalue weighted by Crippen LogP contribution is -2.51. The van der Waals surface area contributed by atoms with E-state index in [0.717, 1.165) is 12.8 Å². The van der Waals surface area contributed by atoms with Crippen molar-refractivity contribution in [3.05, 3.63) is 28.2 Å². The van der Waals surface area contributed by atoms with Gasteiger partial charge in [-0.2, -0.15) is 5.10 Å². The third kappa shape index (κ3) is 3.73. The molecule has 1 aromatic rings. The Kier molecular flexibility index (Phi) is 5.17. The first-order chi connectivity index (χ1) is 12.0. The van der Waals surface area contributed by atoms with Gasteiger partial charge in [0.25, 0.3) is 5.56 Å². The predicted molar refractivity (Wildman–Crippen MR) is 89.7 cm³/mol. The van der Waals surface area contributed by atoms with E-state index < -0.39 is 5.41 Å². The van der Waals surface area contributed by atoms with Gasteiger partial charge in [0.05, 0.1) is 17.7 Å². The number of carbonyl (C=O) groups is 2. The summed E-state index contributed by atoms with van der Waals surface area (Å²) in [6.07, 6.45) is 3.18. The van der Waals surface area contributed by atoms with Crippen LogP contribution in [0.2, 0.25) is 0 Å². The van der Waals surface area contributed by atoms with Crippen molar-refractivity contribution in [2.75, 3.05) is 32.8 Å². The van der Waals surface area contributed by atoms with Gasteiger partial charge in [0.2, 0.25) is 11.8 Å². The van der Waals surface area contributed by atoms with Gasteiger partial charge in [0, 0.05) is 45.1 Å². The summed E-state index contributed by atoms with van der Waals surface area (Å²) in [7, 11) is 0. The van der Waals surface area contributed by atoms with Crippen LogP contribution in [-0.2, 0) is 16.0 Å². The molecule has 8 nitrogen and oxygen atoms in total. The Labute approximate surface area is 145 Å². The van der Waals surface area contributed by atoms with Crippen LogP contribution in [0.5, 0.6) is 0 Å². The lowest BCUT2D eigenvalue weighted by Gasteiger charge is -2.39. The number of aryl methyl sites for hydroxylation is 1. The molecular formula is C17H24N4O4. The first-order valence-electron chi connectivity index (χ1n) is 8.77. The molecule has 0 aromatic carbocycles. The van der Waals surface area contributed by atoms with Crippen LogP contribution < -0.4 is 5.56 Å². The summed E-state index contributed by atoms with van der Waals surface area (Å²) >= 11 is 0. The van der Waals surface area contributed by atoms with Crippen LogP contribution in [0.4, 0.5) is 0 Å². The van der Waals surface area contributed by atoms with E-state index in [0.29, 0.717) is 51.1 Å². The molecule has 3 heterocycles. The molecule has 3 rings (SSSR count). The minimum atomic E-state index is -0.473. The van der Waals surface area contributed by atoms with Gasteiger partial charge < -0.3 is 14.9 Å². The highest BCUT2D eigenvalue weighted by molar-refractivity contribution is 5.86. The third-order valence-electron chi connectivity index (χ3n) is 5.23. The van der Waals surface area contributed by atoms with E-state index in [4.69, 9.17) is 5.11 Å². The first kappa shape index (κ1) is 17.6. The molecule has 0 unspecified atom stereocenters. The fourth-order valence-electron chi connectivity index (χ4n) is 3.86. The summed E-state index contributed by atoms with van der Waals surface area (Å²) in [6, 6.07) is 3.02. The van der Waals surface area contributed by atoms with Gasteiger partial charge in [-0.15, -0.1) is 0 Å². The van der Waals surface area contributed by atoms with Crippen LogP contribution in [0.15, 0.2) is 16.9 Å². The minimum absolute atomic E-state index is 0.0111. The number of hydrogen-bond acceptors (Lipinski definition) is 5. The van der Waals surface area contributed by atoms with Crippen molar-refractivity contribution in [2.24, 2.45) is 5.41 Å². The number of likely N-dealkylation sites (tertiary alicyclic amines) is 2. The van der Waals surface area contributed by atoms with Crippen molar-refractivity contribution >= 4 is 11.8 Å². The van der Waals surface area contributed by atoms with E-state index in [9.17, 15) is 14.4 Å². The molecule has 0 radical (unpaired) electrons. The molecule has 0 saturated carbocycles. The lowest BCUT2D eigenvalue weighted by atomic mass is 9.78. The molecule has 2 saturated heterocycles. The number of H-pyrrole nitrogens is 1. The van der Waals surface area contributed by atoms with Gasteiger partial charge in [-0.25, -0.2) is 5.10 Å². The van der Waals surface area contributed by atoms with Crippen molar-refractivity contribution in [3.8, 4) is 0 Å². The highest BCUT2D eigenvalue weighted by Gasteiger charge is 2.49. The van der Waals surface area contributed by atoms with E-state index in [-0.39, 0.29) is 24.0 Å². The summed E-state index contributed by atoms with van der Waals surface area (Å²) in [5, 5.41) is 15.4. The molecular weight excluding hydrogens is 324 g/mol. The Balaban J connectivity index is 1.58. The third-order valence-corrected chi connectivity index (χ3v) is 5.23. The van der Waals surface area contributed by atoms with Crippen LogP contribution in [0.25, 0.3) is 0 Å². The van der Waals surface area contributed by atoms with Crippen LogP contribution >= 0.6 is 0 Å². The fourth-order valence-corrected chi connectivity index (χ4v) is 3.86. The standard InChI is InChI=1S/C17H24N4O4/c22-11-10-20-8-1-6-17(16(20)25)7-9-21(12-17)15(24)5-3-13-2-4-14(23)19-18-13/h2,4,22H,1,3,5-12H2,(H,19,23)/t17-/m1/s1. The molecule has 25 heavy (non-hydrogen) atoms. The predicted octanol–water partition coefficient (Wildman–Crippen LogP) is -0.464. The number of piperidine rings is 1. The largest absolute Gasteiger partial charge is 0.395 e. The number of hydrogen-bond donors (Lipinski definition) is 2. The maximum Gasteiger partial charge on any atom is 0.264 e. The Morgan fingerprint density at radius 1 is 1.28 bits per heavy atom. The minimum Gasteiger partial charge on any atom is -0.395 e. The Morgan fingerprint density at radius 3 is 2.84 bits per heavy atom. The zero-order chi connectivity index (χ0) is 17.9. The molecule has 1 aromatic heterocycles. The van der Waals surface area contributed by atoms with E-state index in [2.05, 4.69) is 10.2 Å². The van der Waals surface area contributed by atoms with Gasteiger partial charge in [-0.3, -0.25) is 14.4 Å². The summed E-state index contributed by atoms with van der Waals surface area (Å²) in [5.41, 5.74) is -0.0659. The van der Waals surface area contributed by atoms with Crippen molar-refractivity contribution in [1.29, 1.82) is 0 Å². The molecule has 2 aliphatic heterocycles. The van der Waals surface area contributed by atoms with Gasteiger partial charge in [-0.05, 0) is 25.3 Å². The first-order valence-corrected chi connectivity index (χ1v) is 8.77. The number of nitrogens with zero attached hydrogens (tertiary/aromatic N) is 3. The average Bonchev–Trinajstić information content (AvgIpc) is 3.04. The van der Waals surface area contributed by atoms with Gasteiger partial charge in [0.1, 0.15) is 0 Å². The quantitative estimate of drug-likeness (QED) is 0.749. The second kappa shape index (κ2) is 7.35.